The molecule has 0 spiro atoms. The van der Waals surface area contributed by atoms with E-state index in [-0.39, 0.29) is 17.6 Å². The van der Waals surface area contributed by atoms with Gasteiger partial charge in [0.25, 0.3) is 0 Å². The van der Waals surface area contributed by atoms with Gasteiger partial charge in [0.1, 0.15) is 6.10 Å². The van der Waals surface area contributed by atoms with Crippen molar-refractivity contribution in [3.63, 3.8) is 0 Å². The molecule has 1 N–H and O–H groups in total. The van der Waals surface area contributed by atoms with Crippen LogP contribution in [0.15, 0.2) is 0 Å². The largest absolute Gasteiger partial charge is 0.366 e. The van der Waals surface area contributed by atoms with Gasteiger partial charge in [0.15, 0.2) is 0 Å². The van der Waals surface area contributed by atoms with E-state index in [1.165, 1.54) is 0 Å². The third-order valence-corrected chi connectivity index (χ3v) is 1.52. The molecule has 1 atom stereocenters. The van der Waals surface area contributed by atoms with Crippen LogP contribution in [0.4, 0.5) is 0 Å². The van der Waals surface area contributed by atoms with E-state index in [4.69, 9.17) is 4.74 Å². The fraction of sp³-hybridized carbons (Fsp3) is 0.857. The molecule has 1 heterocycles. The Hall–Kier alpha value is -0.570. The van der Waals surface area contributed by atoms with Gasteiger partial charge in [-0.05, 0) is 20.8 Å². The van der Waals surface area contributed by atoms with Crippen molar-refractivity contribution in [2.45, 2.75) is 32.4 Å². The van der Waals surface area contributed by atoms with Gasteiger partial charge in [-0.25, -0.2) is 0 Å². The van der Waals surface area contributed by atoms with Crippen molar-refractivity contribution in [1.82, 2.24) is 5.32 Å². The second kappa shape index (κ2) is 2.23. The van der Waals surface area contributed by atoms with E-state index in [0.29, 0.717) is 6.61 Å². The van der Waals surface area contributed by atoms with Gasteiger partial charge in [-0.3, -0.25) is 4.79 Å². The minimum absolute atomic E-state index is 0.0174. The SMILES string of the molecule is C[C@H]1OCC(C)(C)NC1=O. The van der Waals surface area contributed by atoms with E-state index < -0.39 is 0 Å². The standard InChI is InChI=1S/C7H13NO2/c1-5-6(9)8-7(2,3)4-10-5/h5H,4H2,1-3H3,(H,8,9)/t5-/m1/s1. The number of hydrogen-bond acceptors (Lipinski definition) is 2. The van der Waals surface area contributed by atoms with E-state index in [1.54, 1.807) is 6.92 Å². The average molecular weight is 143 g/mol. The fourth-order valence-electron chi connectivity index (χ4n) is 0.880. The summed E-state index contributed by atoms with van der Waals surface area (Å²) in [5.41, 5.74) is -0.191. The molecular formula is C7H13NO2. The third-order valence-electron chi connectivity index (χ3n) is 1.52. The zero-order valence-corrected chi connectivity index (χ0v) is 6.60. The Bertz CT molecular complexity index is 154. The number of morpholine rings is 1. The van der Waals surface area contributed by atoms with E-state index >= 15 is 0 Å². The number of ether oxygens (including phenoxy) is 1. The molecule has 0 bridgehead atoms. The van der Waals surface area contributed by atoms with Gasteiger partial charge in [-0.15, -0.1) is 0 Å². The molecule has 1 aliphatic heterocycles. The summed E-state index contributed by atoms with van der Waals surface area (Å²) in [5.74, 6) is -0.0174. The number of rotatable bonds is 0. The first kappa shape index (κ1) is 7.54. The van der Waals surface area contributed by atoms with Crippen LogP contribution in [0.5, 0.6) is 0 Å². The van der Waals surface area contributed by atoms with Crippen molar-refractivity contribution in [1.29, 1.82) is 0 Å². The first-order chi connectivity index (χ1) is 4.51. The molecule has 1 saturated heterocycles. The van der Waals surface area contributed by atoms with Crippen LogP contribution >= 0.6 is 0 Å². The maximum Gasteiger partial charge on any atom is 0.249 e. The Balaban J connectivity index is 2.57. The number of carbonyl (C=O) groups is 1. The molecule has 0 aromatic rings. The summed E-state index contributed by atoms with van der Waals surface area (Å²) < 4.78 is 5.19. The van der Waals surface area contributed by atoms with Crippen LogP contribution in [0.1, 0.15) is 20.8 Å². The predicted octanol–water partition coefficient (Wildman–Crippen LogP) is 0.300. The molecule has 0 radical (unpaired) electrons. The molecule has 0 aromatic heterocycles. The highest BCUT2D eigenvalue weighted by Gasteiger charge is 2.30. The number of carbonyl (C=O) groups excluding carboxylic acids is 1. The monoisotopic (exact) mass is 143 g/mol. The Morgan fingerprint density at radius 1 is 1.70 bits per heavy atom. The molecule has 0 unspecified atom stereocenters. The lowest BCUT2D eigenvalue weighted by Crippen LogP contribution is -2.56. The van der Waals surface area contributed by atoms with Crippen LogP contribution < -0.4 is 5.32 Å². The highest BCUT2D eigenvalue weighted by molar-refractivity contribution is 5.81. The fourth-order valence-corrected chi connectivity index (χ4v) is 0.880. The van der Waals surface area contributed by atoms with E-state index in [9.17, 15) is 4.79 Å². The molecule has 0 saturated carbocycles. The lowest BCUT2D eigenvalue weighted by atomic mass is 10.0. The highest BCUT2D eigenvalue weighted by atomic mass is 16.5. The Labute approximate surface area is 60.7 Å². The zero-order chi connectivity index (χ0) is 7.78. The van der Waals surface area contributed by atoms with Gasteiger partial charge < -0.3 is 10.1 Å². The van der Waals surface area contributed by atoms with Crippen molar-refractivity contribution >= 4 is 5.91 Å². The summed E-state index contributed by atoms with van der Waals surface area (Å²) >= 11 is 0. The topological polar surface area (TPSA) is 38.3 Å². The summed E-state index contributed by atoms with van der Waals surface area (Å²) in [5, 5.41) is 2.84. The predicted molar refractivity (Wildman–Crippen MR) is 37.6 cm³/mol. The van der Waals surface area contributed by atoms with Gasteiger partial charge in [0.2, 0.25) is 5.91 Å². The van der Waals surface area contributed by atoms with Gasteiger partial charge in [-0.2, -0.15) is 0 Å². The van der Waals surface area contributed by atoms with Crippen molar-refractivity contribution in [3.05, 3.63) is 0 Å². The molecule has 10 heavy (non-hydrogen) atoms. The van der Waals surface area contributed by atoms with Crippen LogP contribution in [0.25, 0.3) is 0 Å². The van der Waals surface area contributed by atoms with Crippen molar-refractivity contribution < 1.29 is 9.53 Å². The number of amides is 1. The zero-order valence-electron chi connectivity index (χ0n) is 6.60. The van der Waals surface area contributed by atoms with Crippen molar-refractivity contribution in [2.24, 2.45) is 0 Å². The normalized spacial score (nSPS) is 31.5. The molecule has 1 amide bonds. The van der Waals surface area contributed by atoms with Crippen molar-refractivity contribution in [3.8, 4) is 0 Å². The first-order valence-corrected chi connectivity index (χ1v) is 3.45. The summed E-state index contributed by atoms with van der Waals surface area (Å²) in [6.45, 7) is 6.23. The lowest BCUT2D eigenvalue weighted by molar-refractivity contribution is -0.142. The van der Waals surface area contributed by atoms with Gasteiger partial charge >= 0.3 is 0 Å². The number of nitrogens with one attached hydrogen (secondary N) is 1. The van der Waals surface area contributed by atoms with Crippen molar-refractivity contribution in [2.75, 3.05) is 6.61 Å². The molecule has 0 aromatic carbocycles. The summed E-state index contributed by atoms with van der Waals surface area (Å²) in [6.07, 6.45) is -0.284. The maximum absolute atomic E-state index is 11.0. The molecule has 3 heteroatoms. The quantitative estimate of drug-likeness (QED) is 0.529. The Morgan fingerprint density at radius 3 is 2.70 bits per heavy atom. The first-order valence-electron chi connectivity index (χ1n) is 3.45. The minimum atomic E-state index is -0.284. The number of hydrogen-bond donors (Lipinski definition) is 1. The van der Waals surface area contributed by atoms with Crippen LogP contribution in [0.3, 0.4) is 0 Å². The molecule has 3 nitrogen and oxygen atoms in total. The second-order valence-corrected chi connectivity index (χ2v) is 3.33. The van der Waals surface area contributed by atoms with Gasteiger partial charge in [-0.1, -0.05) is 0 Å². The van der Waals surface area contributed by atoms with Crippen LogP contribution in [-0.4, -0.2) is 24.2 Å². The van der Waals surface area contributed by atoms with Gasteiger partial charge in [0, 0.05) is 0 Å². The van der Waals surface area contributed by atoms with E-state index in [1.807, 2.05) is 13.8 Å². The molecule has 0 aliphatic carbocycles. The van der Waals surface area contributed by atoms with E-state index in [0.717, 1.165) is 0 Å². The van der Waals surface area contributed by atoms with Crippen LogP contribution in [0.2, 0.25) is 0 Å². The van der Waals surface area contributed by atoms with Crippen LogP contribution in [-0.2, 0) is 9.53 Å². The van der Waals surface area contributed by atoms with Gasteiger partial charge in [0.05, 0.1) is 12.1 Å². The second-order valence-electron chi connectivity index (χ2n) is 3.33. The van der Waals surface area contributed by atoms with Crippen LogP contribution in [0, 0.1) is 0 Å². The minimum Gasteiger partial charge on any atom is -0.366 e. The molecule has 1 fully saturated rings. The molecular weight excluding hydrogens is 130 g/mol. The molecule has 1 rings (SSSR count). The third kappa shape index (κ3) is 1.48. The summed E-state index contributed by atoms with van der Waals surface area (Å²) in [6, 6.07) is 0. The Kier molecular flexibility index (Phi) is 1.68. The molecule has 1 aliphatic rings. The summed E-state index contributed by atoms with van der Waals surface area (Å²) in [4.78, 5) is 11.0. The average Bonchev–Trinajstić information content (AvgIpc) is 1.79. The van der Waals surface area contributed by atoms with E-state index in [2.05, 4.69) is 5.32 Å². The Morgan fingerprint density at radius 2 is 2.30 bits per heavy atom. The molecule has 58 valence electrons. The smallest absolute Gasteiger partial charge is 0.249 e. The maximum atomic E-state index is 11.0. The highest BCUT2D eigenvalue weighted by Crippen LogP contribution is 2.10. The lowest BCUT2D eigenvalue weighted by Gasteiger charge is -2.33. The summed E-state index contributed by atoms with van der Waals surface area (Å²) in [7, 11) is 0.